The van der Waals surface area contributed by atoms with Gasteiger partial charge in [-0.1, -0.05) is 36.4 Å². The van der Waals surface area contributed by atoms with E-state index in [2.05, 4.69) is 18.9 Å². The maximum atomic E-state index is 15.0. The van der Waals surface area contributed by atoms with Crippen LogP contribution in [0.2, 0.25) is 0 Å². The number of hydrogen-bond donors (Lipinski definition) is 2. The molecule has 0 aliphatic heterocycles. The monoisotopic (exact) mass is 774 g/mol. The van der Waals surface area contributed by atoms with Gasteiger partial charge in [0.2, 0.25) is 5.83 Å². The van der Waals surface area contributed by atoms with Gasteiger partial charge in [-0.25, -0.2) is 36.2 Å². The Balaban J connectivity index is 0.000000514. The molecule has 0 unspecified atom stereocenters. The minimum Gasteiger partial charge on any atom is -0.461 e. The van der Waals surface area contributed by atoms with Gasteiger partial charge in [0.25, 0.3) is 5.92 Å². The predicted molar refractivity (Wildman–Crippen MR) is 182 cm³/mol. The van der Waals surface area contributed by atoms with Crippen LogP contribution in [0.4, 0.5) is 30.7 Å². The van der Waals surface area contributed by atoms with Gasteiger partial charge < -0.3 is 9.47 Å². The summed E-state index contributed by atoms with van der Waals surface area (Å²) in [5.41, 5.74) is -6.16. The average Bonchev–Trinajstić information content (AvgIpc) is 3.00. The number of halogens is 7. The Morgan fingerprint density at radius 1 is 0.686 bits per heavy atom. The summed E-state index contributed by atoms with van der Waals surface area (Å²) >= 11 is 0. The molecule has 4 atom stereocenters. The number of ether oxygens (including phenoxy) is 2. The van der Waals surface area contributed by atoms with Gasteiger partial charge in [-0.05, 0) is 81.4 Å². The van der Waals surface area contributed by atoms with Crippen LogP contribution in [-0.2, 0) is 52.1 Å². The SMILES string of the molecule is CCOC(=O)/C(F)=C/C(F)(F)[C@](C)(N[S@](=O)C(C)(C)C)c1ccccc1F.CCOC(=O)C(F)(F)[C@](C)(N[S@](=O)C(C)(C)C)c1ccccc1F. The van der Waals surface area contributed by atoms with E-state index in [0.717, 1.165) is 38.1 Å². The number of esters is 2. The molecule has 0 bridgehead atoms. The van der Waals surface area contributed by atoms with Crippen molar-refractivity contribution in [3.05, 3.63) is 83.2 Å². The summed E-state index contributed by atoms with van der Waals surface area (Å²) in [5, 5.41) is 0. The van der Waals surface area contributed by atoms with Crippen LogP contribution in [0.3, 0.4) is 0 Å². The molecule has 2 N–H and O–H groups in total. The summed E-state index contributed by atoms with van der Waals surface area (Å²) in [6.07, 6.45) is -0.246. The zero-order valence-electron chi connectivity index (χ0n) is 30.0. The highest BCUT2D eigenvalue weighted by molar-refractivity contribution is 7.84. The topological polar surface area (TPSA) is 111 Å². The molecule has 17 heteroatoms. The zero-order valence-corrected chi connectivity index (χ0v) is 31.7. The van der Waals surface area contributed by atoms with Crippen molar-refractivity contribution >= 4 is 33.9 Å². The van der Waals surface area contributed by atoms with Gasteiger partial charge in [-0.3, -0.25) is 0 Å². The fraction of sp³-hybridized carbons (Fsp3) is 0.529. The molecule has 0 aromatic heterocycles. The highest BCUT2D eigenvalue weighted by Crippen LogP contribution is 2.42. The lowest BCUT2D eigenvalue weighted by atomic mass is 9.85. The van der Waals surface area contributed by atoms with Crippen LogP contribution in [0.5, 0.6) is 0 Å². The Morgan fingerprint density at radius 2 is 1.06 bits per heavy atom. The van der Waals surface area contributed by atoms with Crippen molar-refractivity contribution in [2.75, 3.05) is 13.2 Å². The highest BCUT2D eigenvalue weighted by Gasteiger charge is 2.60. The molecule has 0 heterocycles. The van der Waals surface area contributed by atoms with E-state index in [0.29, 0.717) is 0 Å². The molecular formula is C34H45F7N2O6S2. The second-order valence-corrected chi connectivity index (χ2v) is 17.2. The van der Waals surface area contributed by atoms with Crippen molar-refractivity contribution in [2.24, 2.45) is 0 Å². The third kappa shape index (κ3) is 11.2. The second-order valence-electron chi connectivity index (χ2n) is 13.3. The molecule has 8 nitrogen and oxygen atoms in total. The van der Waals surface area contributed by atoms with E-state index in [1.165, 1.54) is 58.9 Å². The Bertz CT molecular complexity index is 1610. The van der Waals surface area contributed by atoms with Gasteiger partial charge in [0, 0.05) is 17.2 Å². The molecule has 0 saturated heterocycles. The first kappa shape index (κ1) is 45.9. The normalized spacial score (nSPS) is 16.5. The van der Waals surface area contributed by atoms with E-state index < -0.39 is 94.9 Å². The smallest absolute Gasteiger partial charge is 0.379 e. The fourth-order valence-corrected chi connectivity index (χ4v) is 5.83. The minimum atomic E-state index is -4.15. The molecule has 2 aromatic carbocycles. The van der Waals surface area contributed by atoms with Crippen molar-refractivity contribution < 1.29 is 58.2 Å². The summed E-state index contributed by atoms with van der Waals surface area (Å²) in [7, 11) is -4.04. The van der Waals surface area contributed by atoms with E-state index in [1.807, 2.05) is 0 Å². The van der Waals surface area contributed by atoms with E-state index >= 15 is 8.78 Å². The first-order valence-electron chi connectivity index (χ1n) is 15.5. The zero-order chi connectivity index (χ0) is 39.8. The maximum Gasteiger partial charge on any atom is 0.379 e. The van der Waals surface area contributed by atoms with Crippen LogP contribution in [0.25, 0.3) is 0 Å². The average molecular weight is 775 g/mol. The number of rotatable bonds is 13. The van der Waals surface area contributed by atoms with E-state index in [9.17, 15) is 40.0 Å². The van der Waals surface area contributed by atoms with Crippen molar-refractivity contribution in [3.8, 4) is 0 Å². The van der Waals surface area contributed by atoms with Crippen LogP contribution in [0.1, 0.15) is 80.4 Å². The molecule has 51 heavy (non-hydrogen) atoms. The number of alkyl halides is 4. The molecule has 0 fully saturated rings. The molecular weight excluding hydrogens is 730 g/mol. The lowest BCUT2D eigenvalue weighted by molar-refractivity contribution is -0.183. The number of carbonyl (C=O) groups excluding carboxylic acids is 2. The summed E-state index contributed by atoms with van der Waals surface area (Å²) in [6.45, 7) is 13.4. The number of nitrogens with one attached hydrogen (secondary N) is 2. The summed E-state index contributed by atoms with van der Waals surface area (Å²) in [6, 6.07) is 9.46. The largest absolute Gasteiger partial charge is 0.461 e. The summed E-state index contributed by atoms with van der Waals surface area (Å²) < 4.78 is 138. The van der Waals surface area contributed by atoms with Crippen LogP contribution in [0.15, 0.2) is 60.4 Å². The van der Waals surface area contributed by atoms with Gasteiger partial charge >= 0.3 is 17.9 Å². The Labute approximate surface area is 299 Å². The molecule has 0 aliphatic rings. The molecule has 0 spiro atoms. The van der Waals surface area contributed by atoms with Gasteiger partial charge in [0.15, 0.2) is 0 Å². The van der Waals surface area contributed by atoms with Gasteiger partial charge in [0.05, 0.1) is 44.7 Å². The lowest BCUT2D eigenvalue weighted by Gasteiger charge is -2.38. The maximum absolute atomic E-state index is 15.0. The van der Waals surface area contributed by atoms with Crippen LogP contribution < -0.4 is 9.44 Å². The Kier molecular flexibility index (Phi) is 15.8. The molecule has 0 radical (unpaired) electrons. The van der Waals surface area contributed by atoms with Crippen LogP contribution in [-0.4, -0.2) is 54.9 Å². The number of carbonyl (C=O) groups is 2. The number of benzene rings is 2. The Morgan fingerprint density at radius 3 is 1.43 bits per heavy atom. The van der Waals surface area contributed by atoms with Crippen LogP contribution >= 0.6 is 0 Å². The first-order chi connectivity index (χ1) is 23.1. The van der Waals surface area contributed by atoms with Crippen molar-refractivity contribution in [1.82, 2.24) is 9.44 Å². The van der Waals surface area contributed by atoms with Crippen molar-refractivity contribution in [1.29, 1.82) is 0 Å². The molecule has 0 amide bonds. The van der Waals surface area contributed by atoms with E-state index in [1.54, 1.807) is 20.8 Å². The molecule has 288 valence electrons. The predicted octanol–water partition coefficient (Wildman–Crippen LogP) is 7.44. The van der Waals surface area contributed by atoms with Crippen molar-refractivity contribution in [2.45, 2.75) is 102 Å². The standard InChI is InChI=1S/C18H23F4NO3S.C16H22F3NO3S/c1-6-26-15(24)14(20)11-18(21,22)17(5,23-27(25)16(2,3)4)12-9-7-8-10-13(12)19;1-6-23-13(21)16(18,19)15(5,20-24(22)14(2,3)4)11-9-7-8-10-12(11)17/h7-11,23H,6H2,1-5H3;7-10,20H,6H2,1-5H3/b14-11-;/t17-,27-;15-,24-/m11/s1. The van der Waals surface area contributed by atoms with Crippen LogP contribution in [0, 0.1) is 11.6 Å². The molecule has 2 rings (SSSR count). The van der Waals surface area contributed by atoms with E-state index in [-0.39, 0.29) is 19.3 Å². The molecule has 0 saturated carbocycles. The lowest BCUT2D eigenvalue weighted by Crippen LogP contribution is -2.60. The van der Waals surface area contributed by atoms with Crippen molar-refractivity contribution in [3.63, 3.8) is 0 Å². The molecule has 2 aromatic rings. The fourth-order valence-electron chi connectivity index (χ4n) is 3.99. The quantitative estimate of drug-likeness (QED) is 0.125. The summed E-state index contributed by atoms with van der Waals surface area (Å²) in [5.74, 6) is -15.4. The first-order valence-corrected chi connectivity index (χ1v) is 17.8. The minimum absolute atomic E-state index is 0.206. The number of hydrogen-bond acceptors (Lipinski definition) is 6. The third-order valence-electron chi connectivity index (χ3n) is 7.14. The summed E-state index contributed by atoms with van der Waals surface area (Å²) in [4.78, 5) is 23.2. The third-order valence-corrected chi connectivity index (χ3v) is 10.5. The second kappa shape index (κ2) is 17.6. The Hall–Kier alpha value is -3.15. The van der Waals surface area contributed by atoms with E-state index in [4.69, 9.17) is 0 Å². The highest BCUT2D eigenvalue weighted by atomic mass is 32.2. The van der Waals surface area contributed by atoms with Gasteiger partial charge in [0.1, 0.15) is 22.7 Å². The van der Waals surface area contributed by atoms with Gasteiger partial charge in [-0.2, -0.15) is 22.0 Å². The van der Waals surface area contributed by atoms with Gasteiger partial charge in [-0.15, -0.1) is 0 Å². The molecule has 0 aliphatic carbocycles.